The summed E-state index contributed by atoms with van der Waals surface area (Å²) in [5.41, 5.74) is 6.76. The Morgan fingerprint density at radius 2 is 2.00 bits per heavy atom. The summed E-state index contributed by atoms with van der Waals surface area (Å²) in [7, 11) is 0. The average molecular weight is 199 g/mol. The van der Waals surface area contributed by atoms with Crippen molar-refractivity contribution >= 4 is 11.6 Å². The lowest BCUT2D eigenvalue weighted by Crippen LogP contribution is -2.26. The number of nitrogens with two attached hydrogens (primary N) is 1. The van der Waals surface area contributed by atoms with Crippen LogP contribution in [0.15, 0.2) is 41.6 Å². The molecule has 0 unspecified atom stereocenters. The molecule has 0 aromatic heterocycles. The Labute approximate surface area is 87.2 Å². The van der Waals surface area contributed by atoms with Crippen molar-refractivity contribution in [1.29, 1.82) is 5.26 Å². The van der Waals surface area contributed by atoms with Crippen LogP contribution in [0.2, 0.25) is 0 Å². The maximum atomic E-state index is 11.7. The fourth-order valence-electron chi connectivity index (χ4n) is 1.53. The second-order valence-corrected chi connectivity index (χ2v) is 3.24. The van der Waals surface area contributed by atoms with E-state index < -0.39 is 0 Å². The van der Waals surface area contributed by atoms with Gasteiger partial charge in [-0.2, -0.15) is 5.26 Å². The number of hydrogen-bond acceptors (Lipinski definition) is 3. The zero-order valence-corrected chi connectivity index (χ0v) is 7.97. The standard InChI is InChI=1S/C11H9N3O/c12-6-9-10(13)7-14(11(9)15)8-4-2-1-3-5-8/h1-5H,7,13H2. The number of anilines is 1. The molecular formula is C11H9N3O. The van der Waals surface area contributed by atoms with Gasteiger partial charge in [-0.15, -0.1) is 0 Å². The summed E-state index contributed by atoms with van der Waals surface area (Å²) in [5.74, 6) is -0.318. The fraction of sp³-hybridized carbons (Fsp3) is 0.0909. The first-order valence-corrected chi connectivity index (χ1v) is 4.49. The predicted octanol–water partition coefficient (Wildman–Crippen LogP) is 0.770. The second kappa shape index (κ2) is 3.46. The van der Waals surface area contributed by atoms with E-state index in [0.717, 1.165) is 5.69 Å². The number of hydrogen-bond donors (Lipinski definition) is 1. The number of rotatable bonds is 1. The minimum atomic E-state index is -0.318. The van der Waals surface area contributed by atoms with Gasteiger partial charge >= 0.3 is 0 Å². The third-order valence-corrected chi connectivity index (χ3v) is 2.29. The highest BCUT2D eigenvalue weighted by Gasteiger charge is 2.29. The third kappa shape index (κ3) is 1.44. The highest BCUT2D eigenvalue weighted by molar-refractivity contribution is 6.11. The van der Waals surface area contributed by atoms with Crippen LogP contribution in [0, 0.1) is 11.3 Å². The van der Waals surface area contributed by atoms with E-state index in [9.17, 15) is 4.79 Å². The fourth-order valence-corrected chi connectivity index (χ4v) is 1.53. The SMILES string of the molecule is N#CC1=C(N)CN(c2ccccc2)C1=O. The van der Waals surface area contributed by atoms with Crippen LogP contribution in [-0.2, 0) is 4.79 Å². The number of nitrogens with zero attached hydrogens (tertiary/aromatic N) is 2. The van der Waals surface area contributed by atoms with Gasteiger partial charge in [0, 0.05) is 5.69 Å². The molecule has 0 saturated carbocycles. The van der Waals surface area contributed by atoms with Gasteiger partial charge in [-0.3, -0.25) is 4.79 Å². The average Bonchev–Trinajstić information content (AvgIpc) is 2.55. The van der Waals surface area contributed by atoms with E-state index in [2.05, 4.69) is 0 Å². The zero-order valence-electron chi connectivity index (χ0n) is 7.97. The highest BCUT2D eigenvalue weighted by atomic mass is 16.2. The summed E-state index contributed by atoms with van der Waals surface area (Å²) >= 11 is 0. The number of para-hydroxylation sites is 1. The van der Waals surface area contributed by atoms with Crippen LogP contribution in [0.1, 0.15) is 0 Å². The van der Waals surface area contributed by atoms with Crippen LogP contribution < -0.4 is 10.6 Å². The van der Waals surface area contributed by atoms with Gasteiger partial charge in [0.2, 0.25) is 0 Å². The molecule has 4 heteroatoms. The molecule has 0 spiro atoms. The van der Waals surface area contributed by atoms with Crippen molar-refractivity contribution in [2.75, 3.05) is 11.4 Å². The molecule has 1 aliphatic heterocycles. The molecule has 1 aromatic carbocycles. The van der Waals surface area contributed by atoms with Crippen molar-refractivity contribution in [2.45, 2.75) is 0 Å². The quantitative estimate of drug-likeness (QED) is 0.726. The first-order chi connectivity index (χ1) is 7.24. The Bertz CT molecular complexity index is 470. The molecule has 1 amide bonds. The van der Waals surface area contributed by atoms with Gasteiger partial charge in [0.15, 0.2) is 0 Å². The molecule has 2 rings (SSSR count). The van der Waals surface area contributed by atoms with Gasteiger partial charge in [-0.25, -0.2) is 0 Å². The van der Waals surface area contributed by atoms with Gasteiger partial charge in [0.25, 0.3) is 5.91 Å². The highest BCUT2D eigenvalue weighted by Crippen LogP contribution is 2.22. The lowest BCUT2D eigenvalue weighted by Gasteiger charge is -2.15. The smallest absolute Gasteiger partial charge is 0.271 e. The van der Waals surface area contributed by atoms with E-state index in [1.165, 1.54) is 4.90 Å². The van der Waals surface area contributed by atoms with E-state index in [4.69, 9.17) is 11.0 Å². The topological polar surface area (TPSA) is 70.1 Å². The monoisotopic (exact) mass is 199 g/mol. The summed E-state index contributed by atoms with van der Waals surface area (Å²) in [6.07, 6.45) is 0. The van der Waals surface area contributed by atoms with Gasteiger partial charge in [0.05, 0.1) is 12.2 Å². The van der Waals surface area contributed by atoms with E-state index in [0.29, 0.717) is 12.2 Å². The van der Waals surface area contributed by atoms with Crippen molar-refractivity contribution in [3.63, 3.8) is 0 Å². The molecular weight excluding hydrogens is 190 g/mol. The largest absolute Gasteiger partial charge is 0.399 e. The van der Waals surface area contributed by atoms with Gasteiger partial charge in [0.1, 0.15) is 11.6 Å². The van der Waals surface area contributed by atoms with Crippen molar-refractivity contribution in [3.05, 3.63) is 41.6 Å². The first-order valence-electron chi connectivity index (χ1n) is 4.49. The minimum absolute atomic E-state index is 0.0545. The van der Waals surface area contributed by atoms with Gasteiger partial charge in [-0.05, 0) is 12.1 Å². The normalized spacial score (nSPS) is 15.7. The molecule has 0 aliphatic carbocycles. The summed E-state index contributed by atoms with van der Waals surface area (Å²) in [6.45, 7) is 0.297. The molecule has 1 aromatic rings. The number of carbonyl (C=O) groups is 1. The number of carbonyl (C=O) groups excluding carboxylic acids is 1. The summed E-state index contributed by atoms with van der Waals surface area (Å²) in [4.78, 5) is 13.2. The van der Waals surface area contributed by atoms with Crippen molar-refractivity contribution < 1.29 is 4.79 Å². The molecule has 1 heterocycles. The summed E-state index contributed by atoms with van der Waals surface area (Å²) < 4.78 is 0. The third-order valence-electron chi connectivity index (χ3n) is 2.29. The van der Waals surface area contributed by atoms with Crippen LogP contribution in [-0.4, -0.2) is 12.5 Å². The molecule has 0 bridgehead atoms. The van der Waals surface area contributed by atoms with E-state index in [1.54, 1.807) is 0 Å². The maximum absolute atomic E-state index is 11.7. The van der Waals surface area contributed by atoms with E-state index in [-0.39, 0.29) is 11.5 Å². The Balaban J connectivity index is 2.33. The Morgan fingerprint density at radius 3 is 2.53 bits per heavy atom. The second-order valence-electron chi connectivity index (χ2n) is 3.24. The molecule has 74 valence electrons. The molecule has 1 aliphatic rings. The molecule has 4 nitrogen and oxygen atoms in total. The zero-order chi connectivity index (χ0) is 10.8. The van der Waals surface area contributed by atoms with Crippen LogP contribution in [0.3, 0.4) is 0 Å². The summed E-state index contributed by atoms with van der Waals surface area (Å²) in [6, 6.07) is 11.0. The molecule has 0 atom stereocenters. The van der Waals surface area contributed by atoms with Gasteiger partial charge in [-0.1, -0.05) is 18.2 Å². The van der Waals surface area contributed by atoms with Crippen molar-refractivity contribution in [2.24, 2.45) is 5.73 Å². The van der Waals surface area contributed by atoms with Crippen LogP contribution >= 0.6 is 0 Å². The van der Waals surface area contributed by atoms with E-state index >= 15 is 0 Å². The molecule has 0 radical (unpaired) electrons. The maximum Gasteiger partial charge on any atom is 0.271 e. The number of benzene rings is 1. The molecule has 0 saturated heterocycles. The Morgan fingerprint density at radius 1 is 1.33 bits per heavy atom. The molecule has 2 N–H and O–H groups in total. The number of amides is 1. The molecule has 15 heavy (non-hydrogen) atoms. The van der Waals surface area contributed by atoms with Crippen molar-refractivity contribution in [1.82, 2.24) is 0 Å². The lowest BCUT2D eigenvalue weighted by atomic mass is 10.2. The lowest BCUT2D eigenvalue weighted by molar-refractivity contribution is -0.114. The Hall–Kier alpha value is -2.28. The van der Waals surface area contributed by atoms with Crippen LogP contribution in [0.5, 0.6) is 0 Å². The minimum Gasteiger partial charge on any atom is -0.399 e. The molecule has 0 fully saturated rings. The summed E-state index contributed by atoms with van der Waals surface area (Å²) in [5, 5.41) is 8.74. The first kappa shape index (κ1) is 9.28. The van der Waals surface area contributed by atoms with E-state index in [1.807, 2.05) is 36.4 Å². The van der Waals surface area contributed by atoms with Crippen LogP contribution in [0.25, 0.3) is 0 Å². The number of nitriles is 1. The predicted molar refractivity (Wildman–Crippen MR) is 55.6 cm³/mol. The Kier molecular flexibility index (Phi) is 2.14. The van der Waals surface area contributed by atoms with Crippen molar-refractivity contribution in [3.8, 4) is 6.07 Å². The van der Waals surface area contributed by atoms with Gasteiger partial charge < -0.3 is 10.6 Å². The van der Waals surface area contributed by atoms with Crippen LogP contribution in [0.4, 0.5) is 5.69 Å².